The smallest absolute Gasteiger partial charge is 0.126 e. The van der Waals surface area contributed by atoms with E-state index in [1.807, 2.05) is 6.07 Å². The maximum absolute atomic E-state index is 5.79. The van der Waals surface area contributed by atoms with Crippen molar-refractivity contribution < 1.29 is 0 Å². The molecule has 0 amide bonds. The number of aromatic nitrogens is 1. The zero-order chi connectivity index (χ0) is 11.6. The molecule has 1 aromatic heterocycles. The van der Waals surface area contributed by atoms with Crippen molar-refractivity contribution in [2.45, 2.75) is 58.3 Å². The highest BCUT2D eigenvalue weighted by Crippen LogP contribution is 2.13. The van der Waals surface area contributed by atoms with Crippen molar-refractivity contribution in [2.75, 3.05) is 5.73 Å². The summed E-state index contributed by atoms with van der Waals surface area (Å²) in [5.74, 6) is 0.702. The fourth-order valence-corrected chi connectivity index (χ4v) is 1.93. The second-order valence-corrected chi connectivity index (χ2v) is 4.42. The van der Waals surface area contributed by atoms with Gasteiger partial charge in [0, 0.05) is 6.20 Å². The number of unbranched alkanes of at least 4 members (excludes halogenated alkanes) is 6. The van der Waals surface area contributed by atoms with Gasteiger partial charge in [0.25, 0.3) is 0 Å². The Bertz CT molecular complexity index is 284. The SMILES string of the molecule is CCCCCCCCCc1cccnc1N. The molecule has 0 aliphatic heterocycles. The van der Waals surface area contributed by atoms with Crippen molar-refractivity contribution in [2.24, 2.45) is 0 Å². The predicted octanol–water partition coefficient (Wildman–Crippen LogP) is 3.96. The quantitative estimate of drug-likeness (QED) is 0.673. The molecule has 1 aromatic rings. The first-order valence-corrected chi connectivity index (χ1v) is 6.54. The summed E-state index contributed by atoms with van der Waals surface area (Å²) in [5.41, 5.74) is 6.99. The predicted molar refractivity (Wildman–Crippen MR) is 70.3 cm³/mol. The van der Waals surface area contributed by atoms with E-state index in [9.17, 15) is 0 Å². The number of anilines is 1. The molecule has 0 spiro atoms. The van der Waals surface area contributed by atoms with Gasteiger partial charge in [-0.2, -0.15) is 0 Å². The monoisotopic (exact) mass is 220 g/mol. The largest absolute Gasteiger partial charge is 0.383 e. The molecule has 2 N–H and O–H groups in total. The number of nitrogen functional groups attached to an aromatic ring is 1. The van der Waals surface area contributed by atoms with Crippen molar-refractivity contribution >= 4 is 5.82 Å². The number of hydrogen-bond donors (Lipinski definition) is 1. The second-order valence-electron chi connectivity index (χ2n) is 4.42. The minimum Gasteiger partial charge on any atom is -0.383 e. The number of nitrogens with zero attached hydrogens (tertiary/aromatic N) is 1. The molecular weight excluding hydrogens is 196 g/mol. The van der Waals surface area contributed by atoms with Gasteiger partial charge >= 0.3 is 0 Å². The van der Waals surface area contributed by atoms with Gasteiger partial charge in [-0.25, -0.2) is 4.98 Å². The van der Waals surface area contributed by atoms with Crippen LogP contribution in [0.25, 0.3) is 0 Å². The van der Waals surface area contributed by atoms with Crippen LogP contribution in [0.1, 0.15) is 57.4 Å². The third kappa shape index (κ3) is 5.15. The van der Waals surface area contributed by atoms with E-state index in [1.54, 1.807) is 6.20 Å². The van der Waals surface area contributed by atoms with E-state index in [-0.39, 0.29) is 0 Å². The summed E-state index contributed by atoms with van der Waals surface area (Å²) >= 11 is 0. The molecule has 0 unspecified atom stereocenters. The van der Waals surface area contributed by atoms with Crippen LogP contribution in [0.15, 0.2) is 18.3 Å². The molecule has 0 fully saturated rings. The first-order chi connectivity index (χ1) is 7.84. The Morgan fingerprint density at radius 1 is 1.06 bits per heavy atom. The Morgan fingerprint density at radius 2 is 1.75 bits per heavy atom. The third-order valence-corrected chi connectivity index (χ3v) is 2.98. The summed E-state index contributed by atoms with van der Waals surface area (Å²) in [7, 11) is 0. The summed E-state index contributed by atoms with van der Waals surface area (Å²) in [6.07, 6.45) is 12.2. The standard InChI is InChI=1S/C14H24N2/c1-2-3-4-5-6-7-8-10-13-11-9-12-16-14(13)15/h9,11-12H,2-8,10H2,1H3,(H2,15,16). The molecule has 2 heteroatoms. The van der Waals surface area contributed by atoms with Crippen LogP contribution in [0, 0.1) is 0 Å². The molecule has 0 aliphatic rings. The number of rotatable bonds is 8. The molecule has 0 saturated carbocycles. The van der Waals surface area contributed by atoms with Gasteiger partial charge in [0.05, 0.1) is 0 Å². The van der Waals surface area contributed by atoms with Crippen molar-refractivity contribution in [1.29, 1.82) is 0 Å². The zero-order valence-corrected chi connectivity index (χ0v) is 10.4. The molecule has 2 nitrogen and oxygen atoms in total. The van der Waals surface area contributed by atoms with Crippen LogP contribution in [-0.4, -0.2) is 4.98 Å². The minimum absolute atomic E-state index is 0.702. The van der Waals surface area contributed by atoms with Gasteiger partial charge in [0.2, 0.25) is 0 Å². The van der Waals surface area contributed by atoms with E-state index in [2.05, 4.69) is 18.0 Å². The molecular formula is C14H24N2. The van der Waals surface area contributed by atoms with Crippen molar-refractivity contribution in [1.82, 2.24) is 4.98 Å². The molecule has 0 aliphatic carbocycles. The number of nitrogens with two attached hydrogens (primary N) is 1. The Hall–Kier alpha value is -1.05. The van der Waals surface area contributed by atoms with E-state index in [0.717, 1.165) is 6.42 Å². The Labute approximate surface area is 99.3 Å². The molecule has 1 heterocycles. The van der Waals surface area contributed by atoms with E-state index in [4.69, 9.17) is 5.73 Å². The summed E-state index contributed by atoms with van der Waals surface area (Å²) in [4.78, 5) is 4.10. The average molecular weight is 220 g/mol. The van der Waals surface area contributed by atoms with Gasteiger partial charge in [-0.05, 0) is 24.5 Å². The maximum atomic E-state index is 5.79. The Morgan fingerprint density at radius 3 is 2.44 bits per heavy atom. The topological polar surface area (TPSA) is 38.9 Å². The summed E-state index contributed by atoms with van der Waals surface area (Å²) in [6.45, 7) is 2.26. The van der Waals surface area contributed by atoms with Gasteiger partial charge in [-0.3, -0.25) is 0 Å². The number of pyridine rings is 1. The highest BCUT2D eigenvalue weighted by molar-refractivity contribution is 5.38. The lowest BCUT2D eigenvalue weighted by molar-refractivity contribution is 0.589. The molecule has 0 atom stereocenters. The minimum atomic E-state index is 0.702. The van der Waals surface area contributed by atoms with Crippen LogP contribution in [0.3, 0.4) is 0 Å². The van der Waals surface area contributed by atoms with Crippen LogP contribution in [-0.2, 0) is 6.42 Å². The summed E-state index contributed by atoms with van der Waals surface area (Å²) in [6, 6.07) is 4.05. The number of aryl methyl sites for hydroxylation is 1. The molecule has 16 heavy (non-hydrogen) atoms. The van der Waals surface area contributed by atoms with Crippen molar-refractivity contribution in [3.8, 4) is 0 Å². The molecule has 1 rings (SSSR count). The van der Waals surface area contributed by atoms with Gasteiger partial charge in [0.15, 0.2) is 0 Å². The molecule has 0 bridgehead atoms. The number of hydrogen-bond acceptors (Lipinski definition) is 2. The lowest BCUT2D eigenvalue weighted by atomic mass is 10.1. The zero-order valence-electron chi connectivity index (χ0n) is 10.4. The molecule has 0 radical (unpaired) electrons. The second kappa shape index (κ2) is 8.14. The first-order valence-electron chi connectivity index (χ1n) is 6.54. The van der Waals surface area contributed by atoms with Crippen molar-refractivity contribution in [3.63, 3.8) is 0 Å². The Balaban J connectivity index is 2.05. The fourth-order valence-electron chi connectivity index (χ4n) is 1.93. The van der Waals surface area contributed by atoms with Gasteiger partial charge < -0.3 is 5.73 Å². The lowest BCUT2D eigenvalue weighted by Crippen LogP contribution is -1.96. The van der Waals surface area contributed by atoms with Gasteiger partial charge in [-0.1, -0.05) is 51.5 Å². The van der Waals surface area contributed by atoms with Crippen LogP contribution in [0.2, 0.25) is 0 Å². The molecule has 90 valence electrons. The van der Waals surface area contributed by atoms with Crippen LogP contribution in [0.5, 0.6) is 0 Å². The first kappa shape index (κ1) is 13.0. The van der Waals surface area contributed by atoms with E-state index in [1.165, 1.54) is 50.5 Å². The van der Waals surface area contributed by atoms with E-state index < -0.39 is 0 Å². The average Bonchev–Trinajstić information content (AvgIpc) is 2.30. The van der Waals surface area contributed by atoms with Crippen LogP contribution >= 0.6 is 0 Å². The Kier molecular flexibility index (Phi) is 6.62. The van der Waals surface area contributed by atoms with Gasteiger partial charge in [-0.15, -0.1) is 0 Å². The molecule has 0 saturated heterocycles. The van der Waals surface area contributed by atoms with Gasteiger partial charge in [0.1, 0.15) is 5.82 Å². The van der Waals surface area contributed by atoms with Crippen molar-refractivity contribution in [3.05, 3.63) is 23.9 Å². The van der Waals surface area contributed by atoms with E-state index >= 15 is 0 Å². The molecule has 0 aromatic carbocycles. The van der Waals surface area contributed by atoms with Crippen LogP contribution < -0.4 is 5.73 Å². The van der Waals surface area contributed by atoms with Crippen LogP contribution in [0.4, 0.5) is 5.82 Å². The highest BCUT2D eigenvalue weighted by Gasteiger charge is 1.98. The normalized spacial score (nSPS) is 10.6. The van der Waals surface area contributed by atoms with E-state index in [0.29, 0.717) is 5.82 Å². The highest BCUT2D eigenvalue weighted by atomic mass is 14.8. The maximum Gasteiger partial charge on any atom is 0.126 e. The lowest BCUT2D eigenvalue weighted by Gasteiger charge is -2.04. The summed E-state index contributed by atoms with van der Waals surface area (Å²) < 4.78 is 0. The summed E-state index contributed by atoms with van der Waals surface area (Å²) in [5, 5.41) is 0. The fraction of sp³-hybridized carbons (Fsp3) is 0.643. The third-order valence-electron chi connectivity index (χ3n) is 2.98.